The molecular weight excluding hydrogens is 268 g/mol. The van der Waals surface area contributed by atoms with Crippen molar-refractivity contribution in [3.63, 3.8) is 0 Å². The predicted octanol–water partition coefficient (Wildman–Crippen LogP) is 2.27. The maximum atomic E-state index is 13.6. The minimum atomic E-state index is -0.946. The molecule has 7 heteroatoms. The fourth-order valence-corrected chi connectivity index (χ4v) is 1.47. The zero-order valence-electron chi connectivity index (χ0n) is 11.5. The molecule has 110 valence electrons. The van der Waals surface area contributed by atoms with Gasteiger partial charge in [-0.2, -0.15) is 0 Å². The highest BCUT2D eigenvalue weighted by Gasteiger charge is 2.17. The van der Waals surface area contributed by atoms with Gasteiger partial charge in [-0.15, -0.1) is 0 Å². The lowest BCUT2D eigenvalue weighted by molar-refractivity contribution is 0.0523. The van der Waals surface area contributed by atoms with E-state index < -0.39 is 34.7 Å². The van der Waals surface area contributed by atoms with Gasteiger partial charge in [0.25, 0.3) is 0 Å². The minimum absolute atomic E-state index is 0.0963. The first kappa shape index (κ1) is 15.9. The van der Waals surface area contributed by atoms with Crippen LogP contribution >= 0.6 is 0 Å². The summed E-state index contributed by atoms with van der Waals surface area (Å²) < 4.78 is 32.1. The molecule has 0 aliphatic heterocycles. The number of nitrogens with one attached hydrogen (secondary N) is 2. The number of benzene rings is 1. The third-order valence-corrected chi connectivity index (χ3v) is 2.21. The summed E-state index contributed by atoms with van der Waals surface area (Å²) in [6.07, 6.45) is -0.686. The summed E-state index contributed by atoms with van der Waals surface area (Å²) in [7, 11) is 0. The van der Waals surface area contributed by atoms with Gasteiger partial charge in [0, 0.05) is 6.54 Å². The zero-order chi connectivity index (χ0) is 15.5. The number of nitrogens with two attached hydrogens (primary N) is 1. The molecule has 0 bridgehead atoms. The Labute approximate surface area is 115 Å². The van der Waals surface area contributed by atoms with Gasteiger partial charge in [0.15, 0.2) is 0 Å². The Balaban J connectivity index is 2.76. The van der Waals surface area contributed by atoms with Crippen LogP contribution in [-0.2, 0) is 11.3 Å². The third kappa shape index (κ3) is 4.49. The lowest BCUT2D eigenvalue weighted by Gasteiger charge is -2.19. The van der Waals surface area contributed by atoms with E-state index >= 15 is 0 Å². The molecule has 0 atom stereocenters. The van der Waals surface area contributed by atoms with Crippen molar-refractivity contribution in [2.45, 2.75) is 32.9 Å². The molecule has 5 nitrogen and oxygen atoms in total. The first-order valence-corrected chi connectivity index (χ1v) is 5.89. The molecule has 0 aliphatic rings. The van der Waals surface area contributed by atoms with Gasteiger partial charge in [-0.05, 0) is 38.5 Å². The molecule has 0 saturated carbocycles. The number of alkyl carbamates (subject to hydrolysis) is 1. The zero-order valence-corrected chi connectivity index (χ0v) is 11.5. The largest absolute Gasteiger partial charge is 0.444 e. The standard InChI is InChI=1S/C13H17F2N3O2/c1-13(2,3)20-12(19)18-6-7-4-8(14)10(11(16)17)9(15)5-7/h4-5H,6H2,1-3H3,(H3,16,17)(H,18,19). The Kier molecular flexibility index (Phi) is 4.65. The lowest BCUT2D eigenvalue weighted by atomic mass is 10.1. The Morgan fingerprint density at radius 1 is 1.35 bits per heavy atom. The van der Waals surface area contributed by atoms with E-state index in [1.165, 1.54) is 0 Å². The first-order valence-electron chi connectivity index (χ1n) is 5.89. The van der Waals surface area contributed by atoms with Gasteiger partial charge in [-0.25, -0.2) is 13.6 Å². The van der Waals surface area contributed by atoms with E-state index in [1.807, 2.05) is 0 Å². The average Bonchev–Trinajstić information content (AvgIpc) is 2.22. The summed E-state index contributed by atoms with van der Waals surface area (Å²) in [6, 6.07) is 2.02. The predicted molar refractivity (Wildman–Crippen MR) is 70.4 cm³/mol. The molecule has 0 aliphatic carbocycles. The quantitative estimate of drug-likeness (QED) is 0.588. The van der Waals surface area contributed by atoms with Gasteiger partial charge in [0.2, 0.25) is 0 Å². The Morgan fingerprint density at radius 3 is 2.25 bits per heavy atom. The van der Waals surface area contributed by atoms with Crippen LogP contribution in [0.4, 0.5) is 13.6 Å². The van der Waals surface area contributed by atoms with E-state index in [-0.39, 0.29) is 12.1 Å². The smallest absolute Gasteiger partial charge is 0.407 e. The number of amidine groups is 1. The molecule has 0 unspecified atom stereocenters. The van der Waals surface area contributed by atoms with Crippen LogP contribution in [-0.4, -0.2) is 17.5 Å². The number of hydrogen-bond donors (Lipinski definition) is 3. The summed E-state index contributed by atoms with van der Waals surface area (Å²) in [5.41, 5.74) is 4.04. The van der Waals surface area contributed by atoms with Gasteiger partial charge in [-0.3, -0.25) is 5.41 Å². The molecule has 0 saturated heterocycles. The van der Waals surface area contributed by atoms with Crippen LogP contribution in [0.5, 0.6) is 0 Å². The maximum Gasteiger partial charge on any atom is 0.407 e. The summed E-state index contributed by atoms with van der Waals surface area (Å²) in [5.74, 6) is -2.58. The van der Waals surface area contributed by atoms with Crippen LogP contribution in [0.1, 0.15) is 31.9 Å². The van der Waals surface area contributed by atoms with E-state index in [2.05, 4.69) is 5.32 Å². The summed E-state index contributed by atoms with van der Waals surface area (Å²) in [5, 5.41) is 9.44. The van der Waals surface area contributed by atoms with E-state index in [1.54, 1.807) is 20.8 Å². The summed E-state index contributed by atoms with van der Waals surface area (Å²) in [4.78, 5) is 11.4. The molecule has 0 heterocycles. The van der Waals surface area contributed by atoms with Gasteiger partial charge in [-0.1, -0.05) is 0 Å². The Hall–Kier alpha value is -2.18. The molecular formula is C13H17F2N3O2. The number of ether oxygens (including phenoxy) is 1. The number of rotatable bonds is 3. The number of amides is 1. The Bertz CT molecular complexity index is 516. The molecule has 1 aromatic rings. The molecule has 1 amide bonds. The number of halogens is 2. The van der Waals surface area contributed by atoms with Crippen LogP contribution < -0.4 is 11.1 Å². The topological polar surface area (TPSA) is 88.2 Å². The first-order chi connectivity index (χ1) is 9.10. The van der Waals surface area contributed by atoms with Crippen LogP contribution in [0, 0.1) is 17.0 Å². The van der Waals surface area contributed by atoms with Crippen molar-refractivity contribution in [3.8, 4) is 0 Å². The van der Waals surface area contributed by atoms with Crippen LogP contribution in [0.2, 0.25) is 0 Å². The second-order valence-electron chi connectivity index (χ2n) is 5.20. The van der Waals surface area contributed by atoms with Crippen molar-refractivity contribution >= 4 is 11.9 Å². The second kappa shape index (κ2) is 5.85. The van der Waals surface area contributed by atoms with Gasteiger partial charge >= 0.3 is 6.09 Å². The molecule has 0 radical (unpaired) electrons. The molecule has 1 rings (SSSR count). The number of nitrogen functional groups attached to an aromatic ring is 1. The van der Waals surface area contributed by atoms with Crippen molar-refractivity contribution in [1.29, 1.82) is 5.41 Å². The minimum Gasteiger partial charge on any atom is -0.444 e. The van der Waals surface area contributed by atoms with Gasteiger partial charge < -0.3 is 15.8 Å². The van der Waals surface area contributed by atoms with Crippen molar-refractivity contribution < 1.29 is 18.3 Å². The van der Waals surface area contributed by atoms with Crippen LogP contribution in [0.15, 0.2) is 12.1 Å². The van der Waals surface area contributed by atoms with E-state index in [0.717, 1.165) is 12.1 Å². The molecule has 20 heavy (non-hydrogen) atoms. The molecule has 0 aromatic heterocycles. The highest BCUT2D eigenvalue weighted by Crippen LogP contribution is 2.15. The Morgan fingerprint density at radius 2 is 1.85 bits per heavy atom. The van der Waals surface area contributed by atoms with Gasteiger partial charge in [0.1, 0.15) is 23.1 Å². The average molecular weight is 285 g/mol. The highest BCUT2D eigenvalue weighted by atomic mass is 19.1. The van der Waals surface area contributed by atoms with Crippen molar-refractivity contribution in [2.75, 3.05) is 0 Å². The van der Waals surface area contributed by atoms with Crippen molar-refractivity contribution in [3.05, 3.63) is 34.9 Å². The maximum absolute atomic E-state index is 13.6. The summed E-state index contributed by atoms with van der Waals surface area (Å²) in [6.45, 7) is 5.01. The lowest BCUT2D eigenvalue weighted by Crippen LogP contribution is -2.32. The molecule has 4 N–H and O–H groups in total. The van der Waals surface area contributed by atoms with Crippen molar-refractivity contribution in [2.24, 2.45) is 5.73 Å². The normalized spacial score (nSPS) is 11.1. The number of hydrogen-bond acceptors (Lipinski definition) is 3. The van der Waals surface area contributed by atoms with Crippen LogP contribution in [0.25, 0.3) is 0 Å². The molecule has 0 spiro atoms. The van der Waals surface area contributed by atoms with E-state index in [0.29, 0.717) is 0 Å². The fraction of sp³-hybridized carbons (Fsp3) is 0.385. The number of carbonyl (C=O) groups is 1. The SMILES string of the molecule is CC(C)(C)OC(=O)NCc1cc(F)c(C(=N)N)c(F)c1. The second-order valence-corrected chi connectivity index (χ2v) is 5.20. The summed E-state index contributed by atoms with van der Waals surface area (Å²) >= 11 is 0. The number of carbonyl (C=O) groups excluding carboxylic acids is 1. The van der Waals surface area contributed by atoms with E-state index in [9.17, 15) is 13.6 Å². The monoisotopic (exact) mass is 285 g/mol. The molecule has 1 aromatic carbocycles. The molecule has 0 fully saturated rings. The van der Waals surface area contributed by atoms with E-state index in [4.69, 9.17) is 15.9 Å². The van der Waals surface area contributed by atoms with Crippen molar-refractivity contribution in [1.82, 2.24) is 5.32 Å². The third-order valence-electron chi connectivity index (χ3n) is 2.21. The van der Waals surface area contributed by atoms with Gasteiger partial charge in [0.05, 0.1) is 5.56 Å². The fourth-order valence-electron chi connectivity index (χ4n) is 1.47. The highest BCUT2D eigenvalue weighted by molar-refractivity contribution is 5.95. The van der Waals surface area contributed by atoms with Crippen LogP contribution in [0.3, 0.4) is 0 Å².